The van der Waals surface area contributed by atoms with Crippen LogP contribution in [0.4, 0.5) is 0 Å². The van der Waals surface area contributed by atoms with E-state index in [1.807, 2.05) is 38.1 Å². The fourth-order valence-corrected chi connectivity index (χ4v) is 1.50. The van der Waals surface area contributed by atoms with Crippen molar-refractivity contribution in [2.24, 2.45) is 11.1 Å². The Kier molecular flexibility index (Phi) is 3.53. The van der Waals surface area contributed by atoms with Crippen LogP contribution in [-0.2, 0) is 0 Å². The highest BCUT2D eigenvalue weighted by molar-refractivity contribution is 6.31. The Morgan fingerprint density at radius 1 is 1.43 bits per heavy atom. The Labute approximate surface area is 89.7 Å². The summed E-state index contributed by atoms with van der Waals surface area (Å²) in [7, 11) is 0. The van der Waals surface area contributed by atoms with Crippen molar-refractivity contribution in [2.75, 3.05) is 6.61 Å². The zero-order valence-corrected chi connectivity index (χ0v) is 9.25. The second-order valence-electron chi connectivity index (χ2n) is 4.15. The van der Waals surface area contributed by atoms with E-state index in [-0.39, 0.29) is 18.1 Å². The molecule has 3 heteroatoms. The molecule has 3 N–H and O–H groups in total. The summed E-state index contributed by atoms with van der Waals surface area (Å²) >= 11 is 6.02. The molecule has 0 fully saturated rings. The molecule has 1 atom stereocenters. The molecule has 0 amide bonds. The topological polar surface area (TPSA) is 46.2 Å². The number of hydrogen-bond donors (Lipinski definition) is 2. The lowest BCUT2D eigenvalue weighted by Crippen LogP contribution is -2.32. The predicted molar refractivity (Wildman–Crippen MR) is 59.2 cm³/mol. The van der Waals surface area contributed by atoms with Crippen molar-refractivity contribution in [1.82, 2.24) is 0 Å². The first-order valence-electron chi connectivity index (χ1n) is 4.60. The number of halogens is 1. The fourth-order valence-electron chi connectivity index (χ4n) is 1.25. The molecule has 1 aromatic carbocycles. The van der Waals surface area contributed by atoms with Gasteiger partial charge in [-0.3, -0.25) is 0 Å². The molecule has 0 aliphatic rings. The lowest BCUT2D eigenvalue weighted by Gasteiger charge is -2.30. The Morgan fingerprint density at radius 2 is 2.00 bits per heavy atom. The Hall–Kier alpha value is -0.570. The van der Waals surface area contributed by atoms with E-state index >= 15 is 0 Å². The summed E-state index contributed by atoms with van der Waals surface area (Å²) in [6.45, 7) is 3.88. The minimum absolute atomic E-state index is 0.0411. The number of nitrogens with two attached hydrogens (primary N) is 1. The zero-order chi connectivity index (χ0) is 10.8. The van der Waals surface area contributed by atoms with Crippen LogP contribution in [0.15, 0.2) is 24.3 Å². The highest BCUT2D eigenvalue weighted by atomic mass is 35.5. The van der Waals surface area contributed by atoms with Gasteiger partial charge >= 0.3 is 0 Å². The summed E-state index contributed by atoms with van der Waals surface area (Å²) in [5, 5.41) is 9.85. The largest absolute Gasteiger partial charge is 0.396 e. The Bertz CT molecular complexity index is 312. The van der Waals surface area contributed by atoms with E-state index in [1.54, 1.807) is 0 Å². The van der Waals surface area contributed by atoms with Gasteiger partial charge in [-0.2, -0.15) is 0 Å². The molecular weight excluding hydrogens is 198 g/mol. The van der Waals surface area contributed by atoms with Gasteiger partial charge < -0.3 is 10.8 Å². The summed E-state index contributed by atoms with van der Waals surface area (Å²) in [6, 6.07) is 7.22. The van der Waals surface area contributed by atoms with Gasteiger partial charge in [-0.1, -0.05) is 43.6 Å². The van der Waals surface area contributed by atoms with Crippen molar-refractivity contribution in [3.63, 3.8) is 0 Å². The highest BCUT2D eigenvalue weighted by Gasteiger charge is 2.28. The van der Waals surface area contributed by atoms with Crippen LogP contribution in [0.3, 0.4) is 0 Å². The van der Waals surface area contributed by atoms with Gasteiger partial charge in [0.1, 0.15) is 0 Å². The molecule has 1 rings (SSSR count). The molecule has 78 valence electrons. The Morgan fingerprint density at radius 3 is 2.50 bits per heavy atom. The maximum absolute atomic E-state index is 9.19. The third kappa shape index (κ3) is 2.27. The summed E-state index contributed by atoms with van der Waals surface area (Å²) in [5.41, 5.74) is 6.57. The summed E-state index contributed by atoms with van der Waals surface area (Å²) in [4.78, 5) is 0. The van der Waals surface area contributed by atoms with Crippen LogP contribution in [-0.4, -0.2) is 11.7 Å². The fraction of sp³-hybridized carbons (Fsp3) is 0.455. The van der Waals surface area contributed by atoms with Gasteiger partial charge in [-0.05, 0) is 11.6 Å². The van der Waals surface area contributed by atoms with Gasteiger partial charge in [0.15, 0.2) is 0 Å². The molecule has 0 spiro atoms. The van der Waals surface area contributed by atoms with Gasteiger partial charge in [0.05, 0.1) is 0 Å². The molecule has 0 aromatic heterocycles. The monoisotopic (exact) mass is 213 g/mol. The minimum atomic E-state index is -0.356. The maximum Gasteiger partial charge on any atom is 0.0500 e. The number of hydrogen-bond acceptors (Lipinski definition) is 2. The van der Waals surface area contributed by atoms with Crippen LogP contribution in [0.25, 0.3) is 0 Å². The number of aliphatic hydroxyl groups excluding tert-OH is 1. The van der Waals surface area contributed by atoms with E-state index in [4.69, 9.17) is 17.3 Å². The van der Waals surface area contributed by atoms with E-state index in [9.17, 15) is 5.11 Å². The first kappa shape index (κ1) is 11.5. The van der Waals surface area contributed by atoms with Gasteiger partial charge in [-0.15, -0.1) is 0 Å². The number of rotatable bonds is 3. The molecule has 0 heterocycles. The molecule has 0 radical (unpaired) electrons. The van der Waals surface area contributed by atoms with Crippen molar-refractivity contribution in [1.29, 1.82) is 0 Å². The van der Waals surface area contributed by atoms with Gasteiger partial charge in [0.2, 0.25) is 0 Å². The van der Waals surface area contributed by atoms with E-state index in [1.165, 1.54) is 0 Å². The SMILES string of the molecule is CC(C)(CO)[C@H](N)c1ccccc1Cl. The van der Waals surface area contributed by atoms with E-state index in [0.29, 0.717) is 5.02 Å². The van der Waals surface area contributed by atoms with Gasteiger partial charge in [0, 0.05) is 23.1 Å². The highest BCUT2D eigenvalue weighted by Crippen LogP contribution is 2.33. The number of aliphatic hydroxyl groups is 1. The zero-order valence-electron chi connectivity index (χ0n) is 8.50. The second-order valence-corrected chi connectivity index (χ2v) is 4.55. The molecule has 0 bridgehead atoms. The maximum atomic E-state index is 9.19. The average molecular weight is 214 g/mol. The van der Waals surface area contributed by atoms with Crippen LogP contribution >= 0.6 is 11.6 Å². The first-order chi connectivity index (χ1) is 6.49. The Balaban J connectivity index is 3.00. The minimum Gasteiger partial charge on any atom is -0.396 e. The molecule has 0 aliphatic heterocycles. The van der Waals surface area contributed by atoms with E-state index in [0.717, 1.165) is 5.56 Å². The van der Waals surface area contributed by atoms with Crippen LogP contribution in [0.5, 0.6) is 0 Å². The quantitative estimate of drug-likeness (QED) is 0.810. The summed E-state index contributed by atoms with van der Waals surface area (Å²) in [5.74, 6) is 0. The van der Waals surface area contributed by atoms with Crippen LogP contribution in [0.1, 0.15) is 25.5 Å². The molecule has 0 saturated heterocycles. The van der Waals surface area contributed by atoms with Gasteiger partial charge in [-0.25, -0.2) is 0 Å². The smallest absolute Gasteiger partial charge is 0.0500 e. The van der Waals surface area contributed by atoms with Crippen LogP contribution in [0.2, 0.25) is 5.02 Å². The lowest BCUT2D eigenvalue weighted by molar-refractivity contribution is 0.132. The predicted octanol–water partition coefficient (Wildman–Crippen LogP) is 2.36. The third-order valence-electron chi connectivity index (χ3n) is 2.49. The van der Waals surface area contributed by atoms with Crippen molar-refractivity contribution in [3.05, 3.63) is 34.9 Å². The van der Waals surface area contributed by atoms with Crippen LogP contribution in [0, 0.1) is 5.41 Å². The molecule has 0 saturated carbocycles. The van der Waals surface area contributed by atoms with Crippen molar-refractivity contribution in [3.8, 4) is 0 Å². The molecule has 2 nitrogen and oxygen atoms in total. The lowest BCUT2D eigenvalue weighted by atomic mass is 9.82. The van der Waals surface area contributed by atoms with Crippen LogP contribution < -0.4 is 5.73 Å². The molecule has 14 heavy (non-hydrogen) atoms. The molecule has 1 aromatic rings. The second kappa shape index (κ2) is 4.30. The van der Waals surface area contributed by atoms with Crippen molar-refractivity contribution in [2.45, 2.75) is 19.9 Å². The normalized spacial score (nSPS) is 14.1. The van der Waals surface area contributed by atoms with Crippen molar-refractivity contribution >= 4 is 11.6 Å². The van der Waals surface area contributed by atoms with Gasteiger partial charge in [0.25, 0.3) is 0 Å². The summed E-state index contributed by atoms with van der Waals surface area (Å²) in [6.07, 6.45) is 0. The average Bonchev–Trinajstić information content (AvgIpc) is 2.17. The first-order valence-corrected chi connectivity index (χ1v) is 4.97. The summed E-state index contributed by atoms with van der Waals surface area (Å²) < 4.78 is 0. The molecule has 0 aliphatic carbocycles. The van der Waals surface area contributed by atoms with E-state index in [2.05, 4.69) is 0 Å². The van der Waals surface area contributed by atoms with Crippen molar-refractivity contribution < 1.29 is 5.11 Å². The molecular formula is C11H16ClNO. The van der Waals surface area contributed by atoms with E-state index < -0.39 is 0 Å². The standard InChI is InChI=1S/C11H16ClNO/c1-11(2,7-14)10(13)8-5-3-4-6-9(8)12/h3-6,10,14H,7,13H2,1-2H3/t10-/m1/s1. The number of benzene rings is 1. The molecule has 0 unspecified atom stereocenters. The third-order valence-corrected chi connectivity index (χ3v) is 2.83.